The molecule has 1 saturated heterocycles. The highest BCUT2D eigenvalue weighted by Crippen LogP contribution is 2.23. The van der Waals surface area contributed by atoms with Crippen LogP contribution in [0.25, 0.3) is 0 Å². The second-order valence-corrected chi connectivity index (χ2v) is 5.09. The van der Waals surface area contributed by atoms with Crippen LogP contribution in [0.5, 0.6) is 5.75 Å². The van der Waals surface area contributed by atoms with Crippen LogP contribution in [0, 0.1) is 0 Å². The van der Waals surface area contributed by atoms with Crippen LogP contribution in [0.3, 0.4) is 0 Å². The van der Waals surface area contributed by atoms with Gasteiger partial charge >= 0.3 is 6.36 Å². The van der Waals surface area contributed by atoms with Gasteiger partial charge in [0.25, 0.3) is 0 Å². The second kappa shape index (κ2) is 7.69. The van der Waals surface area contributed by atoms with E-state index in [4.69, 9.17) is 5.73 Å². The summed E-state index contributed by atoms with van der Waals surface area (Å²) >= 11 is 0. The van der Waals surface area contributed by atoms with E-state index in [1.807, 2.05) is 0 Å². The molecular formula is C14H18ClF3N2O2. The van der Waals surface area contributed by atoms with Crippen molar-refractivity contribution in [3.63, 3.8) is 0 Å². The van der Waals surface area contributed by atoms with Gasteiger partial charge < -0.3 is 15.4 Å². The normalized spacial score (nSPS) is 16.1. The predicted octanol–water partition coefficient (Wildman–Crippen LogP) is 2.50. The molecule has 8 heteroatoms. The third-order valence-corrected chi connectivity index (χ3v) is 3.40. The Bertz CT molecular complexity index is 486. The summed E-state index contributed by atoms with van der Waals surface area (Å²) in [6.45, 7) is 1.27. The lowest BCUT2D eigenvalue weighted by atomic mass is 10.0. The zero-order valence-corrected chi connectivity index (χ0v) is 12.6. The molecule has 2 rings (SSSR count). The van der Waals surface area contributed by atoms with E-state index in [9.17, 15) is 18.0 Å². The average molecular weight is 339 g/mol. The summed E-state index contributed by atoms with van der Waals surface area (Å²) < 4.78 is 39.9. The molecule has 1 fully saturated rings. The number of alkyl halides is 3. The molecule has 22 heavy (non-hydrogen) atoms. The van der Waals surface area contributed by atoms with Crippen LogP contribution in [0.15, 0.2) is 24.3 Å². The number of hydrogen-bond donors (Lipinski definition) is 1. The second-order valence-electron chi connectivity index (χ2n) is 5.09. The number of amides is 1. The summed E-state index contributed by atoms with van der Waals surface area (Å²) in [5.74, 6) is -0.325. The Hall–Kier alpha value is -1.47. The van der Waals surface area contributed by atoms with Gasteiger partial charge in [0.1, 0.15) is 5.75 Å². The fourth-order valence-corrected chi connectivity index (χ4v) is 2.24. The smallest absolute Gasteiger partial charge is 0.406 e. The predicted molar refractivity (Wildman–Crippen MR) is 77.9 cm³/mol. The lowest BCUT2D eigenvalue weighted by molar-refractivity contribution is -0.274. The maximum absolute atomic E-state index is 12.1. The summed E-state index contributed by atoms with van der Waals surface area (Å²) in [6, 6.07) is 5.50. The molecule has 124 valence electrons. The lowest BCUT2D eigenvalue weighted by Gasteiger charge is -2.30. The third kappa shape index (κ3) is 5.73. The van der Waals surface area contributed by atoms with Crippen LogP contribution in [-0.2, 0) is 11.2 Å². The van der Waals surface area contributed by atoms with E-state index in [1.165, 1.54) is 24.3 Å². The van der Waals surface area contributed by atoms with Gasteiger partial charge in [0, 0.05) is 19.1 Å². The Kier molecular flexibility index (Phi) is 6.49. The molecule has 1 aliphatic heterocycles. The molecule has 0 atom stereocenters. The number of halogens is 4. The molecule has 2 N–H and O–H groups in total. The standard InChI is InChI=1S/C14H17F3N2O2.ClH/c15-14(16,17)21-12-3-1-10(2-4-12)9-13(20)19-7-5-11(18)6-8-19;/h1-4,11H,5-9,18H2;1H. The van der Waals surface area contributed by atoms with E-state index >= 15 is 0 Å². The summed E-state index contributed by atoms with van der Waals surface area (Å²) in [6.07, 6.45) is -2.97. The first-order valence-electron chi connectivity index (χ1n) is 6.71. The number of benzene rings is 1. The number of nitrogens with two attached hydrogens (primary N) is 1. The Morgan fingerprint density at radius 1 is 1.23 bits per heavy atom. The van der Waals surface area contributed by atoms with Crippen molar-refractivity contribution in [2.75, 3.05) is 13.1 Å². The van der Waals surface area contributed by atoms with E-state index < -0.39 is 6.36 Å². The summed E-state index contributed by atoms with van der Waals surface area (Å²) in [5.41, 5.74) is 6.43. The van der Waals surface area contributed by atoms with Crippen LogP contribution >= 0.6 is 12.4 Å². The van der Waals surface area contributed by atoms with Crippen molar-refractivity contribution in [3.05, 3.63) is 29.8 Å². The van der Waals surface area contributed by atoms with Crippen LogP contribution in [-0.4, -0.2) is 36.3 Å². The first-order chi connectivity index (χ1) is 9.83. The number of carbonyl (C=O) groups excluding carboxylic acids is 1. The molecule has 0 bridgehead atoms. The van der Waals surface area contributed by atoms with E-state index in [0.29, 0.717) is 18.7 Å². The minimum absolute atomic E-state index is 0. The molecule has 0 saturated carbocycles. The minimum atomic E-state index is -4.70. The topological polar surface area (TPSA) is 55.6 Å². The van der Waals surface area contributed by atoms with Crippen molar-refractivity contribution in [1.82, 2.24) is 4.90 Å². The van der Waals surface area contributed by atoms with Crippen molar-refractivity contribution < 1.29 is 22.7 Å². The molecule has 0 aromatic heterocycles. The number of hydrogen-bond acceptors (Lipinski definition) is 3. The number of rotatable bonds is 3. The van der Waals surface area contributed by atoms with Crippen molar-refractivity contribution in [1.29, 1.82) is 0 Å². The van der Waals surface area contributed by atoms with E-state index in [1.54, 1.807) is 4.90 Å². The number of piperidine rings is 1. The van der Waals surface area contributed by atoms with Crippen LogP contribution in [0.4, 0.5) is 13.2 Å². The molecule has 1 heterocycles. The Morgan fingerprint density at radius 3 is 2.27 bits per heavy atom. The highest BCUT2D eigenvalue weighted by atomic mass is 35.5. The van der Waals surface area contributed by atoms with E-state index in [2.05, 4.69) is 4.74 Å². The summed E-state index contributed by atoms with van der Waals surface area (Å²) in [7, 11) is 0. The molecule has 0 unspecified atom stereocenters. The first kappa shape index (κ1) is 18.6. The molecular weight excluding hydrogens is 321 g/mol. The van der Waals surface area contributed by atoms with Gasteiger partial charge in [0.15, 0.2) is 0 Å². The molecule has 1 aromatic carbocycles. The van der Waals surface area contributed by atoms with E-state index in [0.717, 1.165) is 12.8 Å². The van der Waals surface area contributed by atoms with Gasteiger partial charge in [-0.25, -0.2) is 0 Å². The zero-order chi connectivity index (χ0) is 15.5. The SMILES string of the molecule is Cl.NC1CCN(C(=O)Cc2ccc(OC(F)(F)F)cc2)CC1. The average Bonchev–Trinajstić information content (AvgIpc) is 2.40. The maximum atomic E-state index is 12.1. The maximum Gasteiger partial charge on any atom is 0.573 e. The number of ether oxygens (including phenoxy) is 1. The van der Waals surface area contributed by atoms with Gasteiger partial charge in [-0.05, 0) is 30.5 Å². The van der Waals surface area contributed by atoms with Gasteiger partial charge in [0.05, 0.1) is 6.42 Å². The largest absolute Gasteiger partial charge is 0.573 e. The molecule has 4 nitrogen and oxygen atoms in total. The van der Waals surface area contributed by atoms with Gasteiger partial charge in [-0.2, -0.15) is 0 Å². The summed E-state index contributed by atoms with van der Waals surface area (Å²) in [5, 5.41) is 0. The van der Waals surface area contributed by atoms with Crippen molar-refractivity contribution in [2.45, 2.75) is 31.7 Å². The van der Waals surface area contributed by atoms with Crippen molar-refractivity contribution in [3.8, 4) is 5.75 Å². The third-order valence-electron chi connectivity index (χ3n) is 3.40. The Balaban J connectivity index is 0.00000242. The van der Waals surface area contributed by atoms with Crippen LogP contribution in [0.2, 0.25) is 0 Å². The molecule has 0 spiro atoms. The molecule has 1 aromatic rings. The molecule has 0 aliphatic carbocycles. The number of likely N-dealkylation sites (tertiary alicyclic amines) is 1. The van der Waals surface area contributed by atoms with E-state index in [-0.39, 0.29) is 36.5 Å². The highest BCUT2D eigenvalue weighted by molar-refractivity contribution is 5.85. The summed E-state index contributed by atoms with van der Waals surface area (Å²) in [4.78, 5) is 13.8. The Labute approximate surface area is 132 Å². The quantitative estimate of drug-likeness (QED) is 0.921. The van der Waals surface area contributed by atoms with Crippen LogP contribution in [0.1, 0.15) is 18.4 Å². The number of nitrogens with zero attached hydrogens (tertiary/aromatic N) is 1. The zero-order valence-electron chi connectivity index (χ0n) is 11.8. The Morgan fingerprint density at radius 2 is 1.77 bits per heavy atom. The molecule has 1 amide bonds. The van der Waals surface area contributed by atoms with Gasteiger partial charge in [-0.15, -0.1) is 25.6 Å². The minimum Gasteiger partial charge on any atom is -0.406 e. The molecule has 1 aliphatic rings. The van der Waals surface area contributed by atoms with Gasteiger partial charge in [-0.1, -0.05) is 12.1 Å². The van der Waals surface area contributed by atoms with Crippen molar-refractivity contribution >= 4 is 18.3 Å². The number of carbonyl (C=O) groups is 1. The van der Waals surface area contributed by atoms with Gasteiger partial charge in [0.2, 0.25) is 5.91 Å². The fourth-order valence-electron chi connectivity index (χ4n) is 2.24. The monoisotopic (exact) mass is 338 g/mol. The fraction of sp³-hybridized carbons (Fsp3) is 0.500. The lowest BCUT2D eigenvalue weighted by Crippen LogP contribution is -2.43. The molecule has 0 radical (unpaired) electrons. The van der Waals surface area contributed by atoms with Crippen molar-refractivity contribution in [2.24, 2.45) is 5.73 Å². The first-order valence-corrected chi connectivity index (χ1v) is 6.71. The van der Waals surface area contributed by atoms with Crippen LogP contribution < -0.4 is 10.5 Å². The highest BCUT2D eigenvalue weighted by Gasteiger charge is 2.31. The van der Waals surface area contributed by atoms with Gasteiger partial charge in [-0.3, -0.25) is 4.79 Å².